The lowest BCUT2D eigenvalue weighted by Gasteiger charge is -2.15. The highest BCUT2D eigenvalue weighted by atomic mass is 16.5. The highest BCUT2D eigenvalue weighted by Crippen LogP contribution is 2.23. The third-order valence-electron chi connectivity index (χ3n) is 5.91. The van der Waals surface area contributed by atoms with Gasteiger partial charge >= 0.3 is 5.97 Å². The van der Waals surface area contributed by atoms with Crippen LogP contribution in [0.25, 0.3) is 11.1 Å². The van der Waals surface area contributed by atoms with E-state index in [-0.39, 0.29) is 23.5 Å². The van der Waals surface area contributed by atoms with Crippen molar-refractivity contribution < 1.29 is 24.2 Å². The highest BCUT2D eigenvalue weighted by molar-refractivity contribution is 5.94. The monoisotopic (exact) mass is 489 g/mol. The Morgan fingerprint density at radius 3 is 2.36 bits per heavy atom. The number of phenolic OH excluding ortho intramolecular Hbond substituents is 1. The van der Waals surface area contributed by atoms with Gasteiger partial charge in [-0.25, -0.2) is 0 Å². The van der Waals surface area contributed by atoms with Gasteiger partial charge in [0.1, 0.15) is 18.1 Å². The van der Waals surface area contributed by atoms with Gasteiger partial charge in [0.05, 0.1) is 19.1 Å². The van der Waals surface area contributed by atoms with Gasteiger partial charge in [-0.05, 0) is 72.9 Å². The van der Waals surface area contributed by atoms with E-state index < -0.39 is 0 Å². The maximum atomic E-state index is 12.4. The van der Waals surface area contributed by atoms with Gasteiger partial charge in [0.15, 0.2) is 0 Å². The number of esters is 1. The van der Waals surface area contributed by atoms with E-state index >= 15 is 0 Å². The summed E-state index contributed by atoms with van der Waals surface area (Å²) in [5, 5.41) is 12.5. The van der Waals surface area contributed by atoms with Crippen LogP contribution in [0.5, 0.6) is 11.5 Å². The minimum Gasteiger partial charge on any atom is -0.508 e. The van der Waals surface area contributed by atoms with Gasteiger partial charge < -0.3 is 19.9 Å². The maximum absolute atomic E-state index is 12.4. The minimum atomic E-state index is -0.173. The second kappa shape index (κ2) is 13.9. The van der Waals surface area contributed by atoms with E-state index in [0.29, 0.717) is 37.5 Å². The number of carbonyl (C=O) groups is 2. The van der Waals surface area contributed by atoms with Crippen molar-refractivity contribution >= 4 is 11.9 Å². The molecule has 36 heavy (non-hydrogen) atoms. The minimum absolute atomic E-state index is 0.124. The van der Waals surface area contributed by atoms with Crippen LogP contribution >= 0.6 is 0 Å². The number of hydrogen-bond donors (Lipinski definition) is 2. The molecule has 0 fully saturated rings. The molecule has 1 atom stereocenters. The number of rotatable bonds is 13. The SMILES string of the molecule is CCCCC(Cc1ccc(OCCNC(=O)c2ccc(-c3cccc(O)c3)cc2)cc1)C(=O)OCC. The molecule has 0 aromatic heterocycles. The van der Waals surface area contributed by atoms with Crippen molar-refractivity contribution in [3.05, 3.63) is 83.9 Å². The Hall–Kier alpha value is -3.80. The van der Waals surface area contributed by atoms with Crippen LogP contribution in [-0.4, -0.2) is 36.7 Å². The number of phenols is 1. The molecule has 0 aliphatic rings. The van der Waals surface area contributed by atoms with E-state index in [0.717, 1.165) is 36.0 Å². The summed E-state index contributed by atoms with van der Waals surface area (Å²) < 4.78 is 11.0. The predicted octanol–water partition coefficient (Wildman–Crippen LogP) is 5.78. The van der Waals surface area contributed by atoms with Crippen LogP contribution in [0.15, 0.2) is 72.8 Å². The molecule has 0 bridgehead atoms. The summed E-state index contributed by atoms with van der Waals surface area (Å²) in [6.07, 6.45) is 3.52. The molecule has 0 radical (unpaired) electrons. The average Bonchev–Trinajstić information content (AvgIpc) is 2.90. The Labute approximate surface area is 213 Å². The van der Waals surface area contributed by atoms with Crippen molar-refractivity contribution in [1.82, 2.24) is 5.32 Å². The third-order valence-corrected chi connectivity index (χ3v) is 5.91. The molecule has 0 aliphatic carbocycles. The fraction of sp³-hybridized carbons (Fsp3) is 0.333. The summed E-state index contributed by atoms with van der Waals surface area (Å²) >= 11 is 0. The van der Waals surface area contributed by atoms with Crippen LogP contribution in [0.3, 0.4) is 0 Å². The number of carbonyl (C=O) groups excluding carboxylic acids is 2. The van der Waals surface area contributed by atoms with Gasteiger partial charge in [-0.2, -0.15) is 0 Å². The fourth-order valence-electron chi connectivity index (χ4n) is 3.96. The Kier molecular flexibility index (Phi) is 10.4. The van der Waals surface area contributed by atoms with E-state index in [9.17, 15) is 14.7 Å². The molecule has 6 heteroatoms. The van der Waals surface area contributed by atoms with E-state index in [1.54, 1.807) is 30.3 Å². The average molecular weight is 490 g/mol. The van der Waals surface area contributed by atoms with Gasteiger partial charge in [0.2, 0.25) is 0 Å². The quantitative estimate of drug-likeness (QED) is 0.235. The molecule has 0 saturated carbocycles. The molecule has 1 unspecified atom stereocenters. The van der Waals surface area contributed by atoms with Crippen molar-refractivity contribution in [2.45, 2.75) is 39.5 Å². The van der Waals surface area contributed by atoms with Gasteiger partial charge in [-0.3, -0.25) is 9.59 Å². The first-order chi connectivity index (χ1) is 17.5. The summed E-state index contributed by atoms with van der Waals surface area (Å²) in [5.41, 5.74) is 3.44. The second-order valence-electron chi connectivity index (χ2n) is 8.67. The van der Waals surface area contributed by atoms with Crippen LogP contribution < -0.4 is 10.1 Å². The molecule has 190 valence electrons. The molecule has 0 aliphatic heterocycles. The normalized spacial score (nSPS) is 11.5. The summed E-state index contributed by atoms with van der Waals surface area (Å²) in [7, 11) is 0. The van der Waals surface area contributed by atoms with E-state index in [1.165, 1.54) is 0 Å². The van der Waals surface area contributed by atoms with E-state index in [2.05, 4.69) is 12.2 Å². The molecule has 0 saturated heterocycles. The summed E-state index contributed by atoms with van der Waals surface area (Å²) in [4.78, 5) is 24.7. The number of amides is 1. The van der Waals surface area contributed by atoms with Crippen LogP contribution in [0.1, 0.15) is 49.0 Å². The van der Waals surface area contributed by atoms with Crippen LogP contribution in [0, 0.1) is 5.92 Å². The maximum Gasteiger partial charge on any atom is 0.309 e. The van der Waals surface area contributed by atoms with Crippen molar-refractivity contribution in [2.75, 3.05) is 19.8 Å². The van der Waals surface area contributed by atoms with Crippen LogP contribution in [-0.2, 0) is 16.0 Å². The molecule has 0 spiro atoms. The number of aromatic hydroxyl groups is 1. The summed E-state index contributed by atoms with van der Waals surface area (Å²) in [6.45, 7) is 5.06. The Morgan fingerprint density at radius 1 is 0.944 bits per heavy atom. The molecule has 3 rings (SSSR count). The van der Waals surface area contributed by atoms with Crippen LogP contribution in [0.4, 0.5) is 0 Å². The lowest BCUT2D eigenvalue weighted by atomic mass is 9.94. The zero-order chi connectivity index (χ0) is 25.8. The number of benzene rings is 3. The van der Waals surface area contributed by atoms with Gasteiger partial charge in [-0.15, -0.1) is 0 Å². The molecule has 3 aromatic rings. The highest BCUT2D eigenvalue weighted by Gasteiger charge is 2.19. The molecular formula is C30H35NO5. The molecule has 3 aromatic carbocycles. The second-order valence-corrected chi connectivity index (χ2v) is 8.67. The first-order valence-electron chi connectivity index (χ1n) is 12.6. The van der Waals surface area contributed by atoms with Crippen LogP contribution in [0.2, 0.25) is 0 Å². The molecular weight excluding hydrogens is 454 g/mol. The molecule has 0 heterocycles. The van der Waals surface area contributed by atoms with Gasteiger partial charge in [0.25, 0.3) is 5.91 Å². The fourth-order valence-corrected chi connectivity index (χ4v) is 3.96. The Bertz CT molecular complexity index is 1110. The predicted molar refractivity (Wildman–Crippen MR) is 141 cm³/mol. The smallest absolute Gasteiger partial charge is 0.309 e. The largest absolute Gasteiger partial charge is 0.508 e. The molecule has 6 nitrogen and oxygen atoms in total. The van der Waals surface area contributed by atoms with Crippen molar-refractivity contribution in [1.29, 1.82) is 0 Å². The number of nitrogens with one attached hydrogen (secondary N) is 1. The zero-order valence-corrected chi connectivity index (χ0v) is 21.0. The first kappa shape index (κ1) is 26.8. The lowest BCUT2D eigenvalue weighted by molar-refractivity contribution is -0.148. The Balaban J connectivity index is 1.44. The molecule has 2 N–H and O–H groups in total. The topological polar surface area (TPSA) is 84.9 Å². The number of unbranched alkanes of at least 4 members (excludes halogenated alkanes) is 1. The molecule has 1 amide bonds. The van der Waals surface area contributed by atoms with Crippen molar-refractivity contribution in [3.63, 3.8) is 0 Å². The van der Waals surface area contributed by atoms with Gasteiger partial charge in [0, 0.05) is 5.56 Å². The zero-order valence-electron chi connectivity index (χ0n) is 21.0. The standard InChI is InChI=1S/C30H35NO5/c1-3-5-7-26(30(34)35-4-2)20-22-10-16-28(17-11-22)36-19-18-31-29(33)24-14-12-23(13-15-24)25-8-6-9-27(32)21-25/h6,8-17,21,26,32H,3-5,7,18-20H2,1-2H3,(H,31,33). The summed E-state index contributed by atoms with van der Waals surface area (Å²) in [6, 6.07) is 22.0. The number of ether oxygens (including phenoxy) is 2. The Morgan fingerprint density at radius 2 is 1.69 bits per heavy atom. The van der Waals surface area contributed by atoms with Crippen molar-refractivity contribution in [2.24, 2.45) is 5.92 Å². The number of hydrogen-bond acceptors (Lipinski definition) is 5. The van der Waals surface area contributed by atoms with E-state index in [4.69, 9.17) is 9.47 Å². The summed E-state index contributed by atoms with van der Waals surface area (Å²) in [5.74, 6) is 0.492. The van der Waals surface area contributed by atoms with Gasteiger partial charge in [-0.1, -0.05) is 56.2 Å². The van der Waals surface area contributed by atoms with Crippen molar-refractivity contribution in [3.8, 4) is 22.6 Å². The first-order valence-corrected chi connectivity index (χ1v) is 12.6. The lowest BCUT2D eigenvalue weighted by Crippen LogP contribution is -2.28. The van der Waals surface area contributed by atoms with E-state index in [1.807, 2.05) is 49.4 Å². The third kappa shape index (κ3) is 8.15.